The van der Waals surface area contributed by atoms with Crippen molar-refractivity contribution in [3.63, 3.8) is 0 Å². The van der Waals surface area contributed by atoms with Gasteiger partial charge in [-0.25, -0.2) is 9.18 Å². The minimum Gasteiger partial charge on any atom is -0.480 e. The molecule has 6 nitrogen and oxygen atoms in total. The zero-order chi connectivity index (χ0) is 21.2. The number of nitrogens with one attached hydrogen (secondary N) is 1. The van der Waals surface area contributed by atoms with E-state index in [0.717, 1.165) is 17.5 Å². The van der Waals surface area contributed by atoms with E-state index in [1.54, 1.807) is 26.0 Å². The first-order valence-corrected chi connectivity index (χ1v) is 9.75. The Balaban J connectivity index is 1.96. The van der Waals surface area contributed by atoms with Gasteiger partial charge in [0.1, 0.15) is 16.9 Å². The van der Waals surface area contributed by atoms with E-state index in [-0.39, 0.29) is 17.9 Å². The second-order valence-corrected chi connectivity index (χ2v) is 7.75. The van der Waals surface area contributed by atoms with E-state index in [0.29, 0.717) is 31.4 Å². The lowest BCUT2D eigenvalue weighted by Crippen LogP contribution is -2.56. The van der Waals surface area contributed by atoms with Gasteiger partial charge in [-0.15, -0.1) is 0 Å². The number of carbonyl (C=O) groups excluding carboxylic acids is 1. The molecule has 0 bridgehead atoms. The van der Waals surface area contributed by atoms with Gasteiger partial charge in [-0.1, -0.05) is 31.4 Å². The Morgan fingerprint density at radius 1 is 1.14 bits per heavy atom. The number of pyridine rings is 1. The molecule has 29 heavy (non-hydrogen) atoms. The van der Waals surface area contributed by atoms with Crippen LogP contribution in [0.5, 0.6) is 0 Å². The number of benzene rings is 1. The number of rotatable bonds is 5. The van der Waals surface area contributed by atoms with Gasteiger partial charge in [-0.2, -0.15) is 0 Å². The van der Waals surface area contributed by atoms with E-state index in [9.17, 15) is 23.9 Å². The van der Waals surface area contributed by atoms with Crippen molar-refractivity contribution in [2.45, 2.75) is 58.0 Å². The third-order valence-electron chi connectivity index (χ3n) is 5.78. The second-order valence-electron chi connectivity index (χ2n) is 7.75. The SMILES string of the molecule is Cc1cc(C(=O)NC2(C(=O)O)CCCCC2)c(=O)n(Cc2ccc(F)cc2)c1C. The van der Waals surface area contributed by atoms with Gasteiger partial charge in [-0.05, 0) is 56.0 Å². The quantitative estimate of drug-likeness (QED) is 0.807. The van der Waals surface area contributed by atoms with Crippen molar-refractivity contribution in [2.24, 2.45) is 0 Å². The number of hydrogen-bond acceptors (Lipinski definition) is 3. The number of carboxylic acids is 1. The summed E-state index contributed by atoms with van der Waals surface area (Å²) in [5, 5.41) is 12.3. The molecular formula is C22H25FN2O4. The standard InChI is InChI=1S/C22H25FN2O4/c1-14-12-18(19(26)24-22(21(28)29)10-4-3-5-11-22)20(27)25(15(14)2)13-16-6-8-17(23)9-7-16/h6-9,12H,3-5,10-11,13H2,1-2H3,(H,24,26)(H,28,29). The summed E-state index contributed by atoms with van der Waals surface area (Å²) in [5.41, 5.74) is 0.254. The zero-order valence-electron chi connectivity index (χ0n) is 16.6. The molecule has 1 heterocycles. The third-order valence-corrected chi connectivity index (χ3v) is 5.78. The van der Waals surface area contributed by atoms with Gasteiger partial charge in [0.2, 0.25) is 0 Å². The average Bonchev–Trinajstić information content (AvgIpc) is 2.70. The molecule has 2 N–H and O–H groups in total. The number of hydrogen-bond donors (Lipinski definition) is 2. The molecule has 0 radical (unpaired) electrons. The van der Waals surface area contributed by atoms with Crippen LogP contribution in [0.3, 0.4) is 0 Å². The minimum absolute atomic E-state index is 0.0820. The number of carbonyl (C=O) groups is 2. The highest BCUT2D eigenvalue weighted by atomic mass is 19.1. The molecule has 1 aliphatic carbocycles. The van der Waals surface area contributed by atoms with Crippen molar-refractivity contribution in [3.05, 3.63) is 68.9 Å². The molecule has 1 aromatic heterocycles. The number of carboxylic acid groups (broad SMARTS) is 1. The summed E-state index contributed by atoms with van der Waals surface area (Å²) in [7, 11) is 0. The van der Waals surface area contributed by atoms with Crippen molar-refractivity contribution in [1.82, 2.24) is 9.88 Å². The Kier molecular flexibility index (Phi) is 5.86. The fourth-order valence-corrected chi connectivity index (χ4v) is 3.85. The Labute approximate surface area is 168 Å². The second kappa shape index (κ2) is 8.19. The van der Waals surface area contributed by atoms with E-state index in [1.807, 2.05) is 0 Å². The van der Waals surface area contributed by atoms with Crippen LogP contribution >= 0.6 is 0 Å². The maximum Gasteiger partial charge on any atom is 0.329 e. The molecule has 1 saturated carbocycles. The summed E-state index contributed by atoms with van der Waals surface area (Å²) in [6.07, 6.45) is 3.06. The van der Waals surface area contributed by atoms with Crippen molar-refractivity contribution in [3.8, 4) is 0 Å². The van der Waals surface area contributed by atoms with Crippen molar-refractivity contribution >= 4 is 11.9 Å². The monoisotopic (exact) mass is 400 g/mol. The Morgan fingerprint density at radius 3 is 2.34 bits per heavy atom. The van der Waals surface area contributed by atoms with Crippen molar-refractivity contribution < 1.29 is 19.1 Å². The van der Waals surface area contributed by atoms with Crippen LogP contribution < -0.4 is 10.9 Å². The van der Waals surface area contributed by atoms with Crippen molar-refractivity contribution in [1.29, 1.82) is 0 Å². The van der Waals surface area contributed by atoms with Crippen LogP contribution in [0.15, 0.2) is 35.1 Å². The van der Waals surface area contributed by atoms with Gasteiger partial charge >= 0.3 is 5.97 Å². The highest BCUT2D eigenvalue weighted by Gasteiger charge is 2.41. The Morgan fingerprint density at radius 2 is 1.76 bits per heavy atom. The lowest BCUT2D eigenvalue weighted by atomic mass is 9.81. The zero-order valence-corrected chi connectivity index (χ0v) is 16.6. The van der Waals surface area contributed by atoms with Crippen LogP contribution in [-0.2, 0) is 11.3 Å². The van der Waals surface area contributed by atoms with Gasteiger partial charge in [0.15, 0.2) is 0 Å². The normalized spacial score (nSPS) is 15.7. The van der Waals surface area contributed by atoms with Crippen LogP contribution in [0.2, 0.25) is 0 Å². The molecule has 2 aromatic rings. The maximum absolute atomic E-state index is 13.2. The van der Waals surface area contributed by atoms with Crippen molar-refractivity contribution in [2.75, 3.05) is 0 Å². The fourth-order valence-electron chi connectivity index (χ4n) is 3.85. The van der Waals surface area contributed by atoms with Crippen LogP contribution in [0.4, 0.5) is 4.39 Å². The molecule has 7 heteroatoms. The minimum atomic E-state index is -1.33. The molecule has 154 valence electrons. The predicted molar refractivity (Wildman–Crippen MR) is 107 cm³/mol. The molecule has 0 atom stereocenters. The number of halogens is 1. The lowest BCUT2D eigenvalue weighted by Gasteiger charge is -2.34. The first-order chi connectivity index (χ1) is 13.7. The van der Waals surface area contributed by atoms with E-state index >= 15 is 0 Å². The average molecular weight is 400 g/mol. The number of aryl methyl sites for hydroxylation is 1. The maximum atomic E-state index is 13.2. The van der Waals surface area contributed by atoms with Gasteiger partial charge < -0.3 is 15.0 Å². The molecular weight excluding hydrogens is 375 g/mol. The lowest BCUT2D eigenvalue weighted by molar-refractivity contribution is -0.145. The Hall–Kier alpha value is -2.96. The van der Waals surface area contributed by atoms with Crippen LogP contribution in [0, 0.1) is 19.7 Å². The van der Waals surface area contributed by atoms with E-state index in [2.05, 4.69) is 5.32 Å². The first-order valence-electron chi connectivity index (χ1n) is 9.75. The van der Waals surface area contributed by atoms with Crippen LogP contribution in [-0.4, -0.2) is 27.1 Å². The molecule has 1 amide bonds. The smallest absolute Gasteiger partial charge is 0.329 e. The molecule has 1 aromatic carbocycles. The summed E-state index contributed by atoms with van der Waals surface area (Å²) in [5.74, 6) is -2.11. The molecule has 1 fully saturated rings. The Bertz CT molecular complexity index is 989. The molecule has 0 aliphatic heterocycles. The van der Waals surface area contributed by atoms with Gasteiger partial charge in [-0.3, -0.25) is 9.59 Å². The topological polar surface area (TPSA) is 88.4 Å². The third kappa shape index (κ3) is 4.23. The predicted octanol–water partition coefficient (Wildman–Crippen LogP) is 3.17. The molecule has 0 spiro atoms. The first kappa shape index (κ1) is 20.8. The van der Waals surface area contributed by atoms with Gasteiger partial charge in [0, 0.05) is 5.69 Å². The van der Waals surface area contributed by atoms with Gasteiger partial charge in [0.25, 0.3) is 11.5 Å². The number of nitrogens with zero attached hydrogens (tertiary/aromatic N) is 1. The summed E-state index contributed by atoms with van der Waals surface area (Å²) in [6.45, 7) is 3.76. The van der Waals surface area contributed by atoms with Crippen LogP contribution in [0.25, 0.3) is 0 Å². The molecule has 0 unspecified atom stereocenters. The molecule has 0 saturated heterocycles. The van der Waals surface area contributed by atoms with E-state index < -0.39 is 23.0 Å². The summed E-state index contributed by atoms with van der Waals surface area (Å²) in [6, 6.07) is 7.32. The molecule has 3 rings (SSSR count). The van der Waals surface area contributed by atoms with E-state index in [1.165, 1.54) is 22.8 Å². The number of aliphatic carboxylic acids is 1. The number of amides is 1. The molecule has 1 aliphatic rings. The summed E-state index contributed by atoms with van der Waals surface area (Å²) < 4.78 is 14.6. The fraction of sp³-hybridized carbons (Fsp3) is 0.409. The highest BCUT2D eigenvalue weighted by molar-refractivity contribution is 5.97. The number of aromatic nitrogens is 1. The van der Waals surface area contributed by atoms with E-state index in [4.69, 9.17) is 0 Å². The summed E-state index contributed by atoms with van der Waals surface area (Å²) >= 11 is 0. The highest BCUT2D eigenvalue weighted by Crippen LogP contribution is 2.28. The van der Waals surface area contributed by atoms with Crippen LogP contribution in [0.1, 0.15) is 59.3 Å². The largest absolute Gasteiger partial charge is 0.480 e. The summed E-state index contributed by atoms with van der Waals surface area (Å²) in [4.78, 5) is 37.8. The van der Waals surface area contributed by atoms with Gasteiger partial charge in [0.05, 0.1) is 6.54 Å².